The van der Waals surface area contributed by atoms with Gasteiger partial charge in [0.05, 0.1) is 0 Å². The van der Waals surface area contributed by atoms with Gasteiger partial charge in [-0.1, -0.05) is 6.92 Å². The van der Waals surface area contributed by atoms with E-state index in [2.05, 4.69) is 10.3 Å². The van der Waals surface area contributed by atoms with Crippen molar-refractivity contribution in [3.63, 3.8) is 0 Å². The van der Waals surface area contributed by atoms with Gasteiger partial charge in [0.1, 0.15) is 5.76 Å². The molecule has 5 nitrogen and oxygen atoms in total. The highest BCUT2D eigenvalue weighted by Crippen LogP contribution is 2.31. The summed E-state index contributed by atoms with van der Waals surface area (Å²) >= 11 is 0. The molecule has 104 valence electrons. The van der Waals surface area contributed by atoms with Gasteiger partial charge < -0.3 is 15.5 Å². The molecule has 1 heterocycles. The average molecular weight is 296 g/mol. The molecule has 1 aliphatic rings. The summed E-state index contributed by atoms with van der Waals surface area (Å²) < 4.78 is 5.10. The lowest BCUT2D eigenvalue weighted by atomic mass is 10.2. The molecule has 0 aromatic carbocycles. The first-order valence-corrected chi connectivity index (χ1v) is 5.68. The van der Waals surface area contributed by atoms with Gasteiger partial charge in [-0.3, -0.25) is 4.79 Å². The predicted molar refractivity (Wildman–Crippen MR) is 73.4 cm³/mol. The molecule has 1 unspecified atom stereocenters. The van der Waals surface area contributed by atoms with Crippen LogP contribution in [0.4, 0.5) is 0 Å². The Bertz CT molecular complexity index is 380. The number of nitrogens with two attached hydrogens (primary N) is 1. The van der Waals surface area contributed by atoms with E-state index in [0.29, 0.717) is 30.3 Å². The van der Waals surface area contributed by atoms with Crippen LogP contribution in [-0.2, 0) is 6.42 Å². The van der Waals surface area contributed by atoms with E-state index < -0.39 is 0 Å². The van der Waals surface area contributed by atoms with Crippen molar-refractivity contribution in [2.45, 2.75) is 32.2 Å². The van der Waals surface area contributed by atoms with Gasteiger partial charge in [-0.15, -0.1) is 24.8 Å². The quantitative estimate of drug-likeness (QED) is 0.863. The number of hydrogen-bond donors (Lipinski definition) is 2. The summed E-state index contributed by atoms with van der Waals surface area (Å²) in [6.45, 7) is 2.44. The van der Waals surface area contributed by atoms with Gasteiger partial charge in [-0.05, 0) is 18.8 Å². The van der Waals surface area contributed by atoms with Crippen LogP contribution in [0.25, 0.3) is 0 Å². The van der Waals surface area contributed by atoms with Gasteiger partial charge in [0, 0.05) is 19.0 Å². The molecule has 0 spiro atoms. The maximum Gasteiger partial charge on any atom is 0.273 e. The molecule has 18 heavy (non-hydrogen) atoms. The molecule has 3 N–H and O–H groups in total. The van der Waals surface area contributed by atoms with Crippen molar-refractivity contribution < 1.29 is 9.21 Å². The number of oxazole rings is 1. The maximum atomic E-state index is 11.7. The minimum atomic E-state index is -0.193. The number of rotatable bonds is 5. The lowest BCUT2D eigenvalue weighted by molar-refractivity contribution is 0.0944. The van der Waals surface area contributed by atoms with E-state index in [1.165, 1.54) is 19.2 Å². The second kappa shape index (κ2) is 7.61. The van der Waals surface area contributed by atoms with Gasteiger partial charge in [0.15, 0.2) is 12.1 Å². The highest BCUT2D eigenvalue weighted by Gasteiger charge is 2.28. The zero-order chi connectivity index (χ0) is 11.5. The van der Waals surface area contributed by atoms with E-state index >= 15 is 0 Å². The van der Waals surface area contributed by atoms with E-state index in [4.69, 9.17) is 10.2 Å². The van der Waals surface area contributed by atoms with Crippen molar-refractivity contribution in [1.82, 2.24) is 10.3 Å². The fourth-order valence-electron chi connectivity index (χ4n) is 1.69. The Morgan fingerprint density at radius 2 is 2.28 bits per heavy atom. The second-order valence-electron chi connectivity index (χ2n) is 4.19. The number of amides is 1. The van der Waals surface area contributed by atoms with Crippen molar-refractivity contribution in [3.05, 3.63) is 17.8 Å². The smallest absolute Gasteiger partial charge is 0.273 e. The molecule has 1 atom stereocenters. The molecule has 0 aliphatic heterocycles. The Labute approximate surface area is 119 Å². The van der Waals surface area contributed by atoms with Crippen molar-refractivity contribution in [1.29, 1.82) is 0 Å². The number of aryl methyl sites for hydroxylation is 1. The topological polar surface area (TPSA) is 81.2 Å². The van der Waals surface area contributed by atoms with Crippen molar-refractivity contribution >= 4 is 30.7 Å². The molecular weight excluding hydrogens is 277 g/mol. The second-order valence-corrected chi connectivity index (χ2v) is 4.19. The molecule has 1 amide bonds. The molecule has 0 saturated heterocycles. The van der Waals surface area contributed by atoms with Gasteiger partial charge in [-0.25, -0.2) is 4.98 Å². The molecular formula is C11H19Cl2N3O2. The Balaban J connectivity index is 0.00000144. The van der Waals surface area contributed by atoms with Crippen LogP contribution in [0.2, 0.25) is 0 Å². The molecule has 1 fully saturated rings. The van der Waals surface area contributed by atoms with Crippen LogP contribution in [0, 0.1) is 5.92 Å². The number of carbonyl (C=O) groups excluding carboxylic acids is 1. The van der Waals surface area contributed by atoms with Gasteiger partial charge in [-0.2, -0.15) is 0 Å². The Morgan fingerprint density at radius 1 is 1.61 bits per heavy atom. The largest absolute Gasteiger partial charge is 0.448 e. The summed E-state index contributed by atoms with van der Waals surface area (Å²) in [5.74, 6) is 1.02. The number of halogens is 2. The van der Waals surface area contributed by atoms with Gasteiger partial charge in [0.25, 0.3) is 5.91 Å². The lowest BCUT2D eigenvalue weighted by Crippen LogP contribution is -2.38. The standard InChI is InChI=1S/C11H17N3O2.2ClH/c1-2-9-10(14-6-16-9)11(15)13-5-8(12)7-3-4-7;;/h6-8H,2-5,12H2,1H3,(H,13,15);2*1H. The van der Waals surface area contributed by atoms with E-state index in [-0.39, 0.29) is 36.8 Å². The zero-order valence-corrected chi connectivity index (χ0v) is 11.9. The SMILES string of the molecule is CCc1ocnc1C(=O)NCC(N)C1CC1.Cl.Cl. The Hall–Kier alpha value is -0.780. The first kappa shape index (κ1) is 17.2. The minimum Gasteiger partial charge on any atom is -0.448 e. The molecule has 1 saturated carbocycles. The average Bonchev–Trinajstić information content (AvgIpc) is 3.03. The summed E-state index contributed by atoms with van der Waals surface area (Å²) in [5, 5.41) is 2.79. The third-order valence-corrected chi connectivity index (χ3v) is 2.90. The van der Waals surface area contributed by atoms with Crippen molar-refractivity contribution in [3.8, 4) is 0 Å². The first-order valence-electron chi connectivity index (χ1n) is 5.68. The van der Waals surface area contributed by atoms with Gasteiger partial charge >= 0.3 is 0 Å². The van der Waals surface area contributed by atoms with Crippen molar-refractivity contribution in [2.75, 3.05) is 6.54 Å². The highest BCUT2D eigenvalue weighted by molar-refractivity contribution is 5.93. The number of nitrogens with one attached hydrogen (secondary N) is 1. The molecule has 1 aromatic heterocycles. The number of carbonyl (C=O) groups is 1. The van der Waals surface area contributed by atoms with Crippen molar-refractivity contribution in [2.24, 2.45) is 11.7 Å². The van der Waals surface area contributed by atoms with Crippen LogP contribution in [0.5, 0.6) is 0 Å². The first-order chi connectivity index (χ1) is 7.72. The van der Waals surface area contributed by atoms with E-state index in [9.17, 15) is 4.79 Å². The number of nitrogens with zero attached hydrogens (tertiary/aromatic N) is 1. The highest BCUT2D eigenvalue weighted by atomic mass is 35.5. The third-order valence-electron chi connectivity index (χ3n) is 2.90. The summed E-state index contributed by atoms with van der Waals surface area (Å²) in [5.41, 5.74) is 6.27. The van der Waals surface area contributed by atoms with Crippen LogP contribution in [0.15, 0.2) is 10.8 Å². The Kier molecular flexibility index (Phi) is 7.28. The van der Waals surface area contributed by atoms with Crippen LogP contribution in [0.3, 0.4) is 0 Å². The van der Waals surface area contributed by atoms with Crippen LogP contribution >= 0.6 is 24.8 Å². The summed E-state index contributed by atoms with van der Waals surface area (Å²) in [6, 6.07) is 0.0703. The van der Waals surface area contributed by atoms with Crippen LogP contribution in [-0.4, -0.2) is 23.5 Å². The van der Waals surface area contributed by atoms with E-state index in [0.717, 1.165) is 0 Å². The monoisotopic (exact) mass is 295 g/mol. The lowest BCUT2D eigenvalue weighted by Gasteiger charge is -2.10. The van der Waals surface area contributed by atoms with Crippen LogP contribution in [0.1, 0.15) is 36.0 Å². The predicted octanol–water partition coefficient (Wildman–Crippen LogP) is 1.55. The third kappa shape index (κ3) is 4.15. The molecule has 2 rings (SSSR count). The zero-order valence-electron chi connectivity index (χ0n) is 10.2. The number of hydrogen-bond acceptors (Lipinski definition) is 4. The van der Waals surface area contributed by atoms with Crippen LogP contribution < -0.4 is 11.1 Å². The fourth-order valence-corrected chi connectivity index (χ4v) is 1.69. The molecule has 7 heteroatoms. The molecule has 1 aromatic rings. The molecule has 1 aliphatic carbocycles. The van der Waals surface area contributed by atoms with Gasteiger partial charge in [0.2, 0.25) is 0 Å². The normalized spacial score (nSPS) is 15.2. The maximum absolute atomic E-state index is 11.7. The molecule has 0 bridgehead atoms. The Morgan fingerprint density at radius 3 is 2.83 bits per heavy atom. The summed E-state index contributed by atoms with van der Waals surface area (Å²) in [7, 11) is 0. The number of aromatic nitrogens is 1. The minimum absolute atomic E-state index is 0. The van der Waals surface area contributed by atoms with E-state index in [1.54, 1.807) is 0 Å². The molecule has 0 radical (unpaired) electrons. The summed E-state index contributed by atoms with van der Waals surface area (Å²) in [4.78, 5) is 15.6. The van der Waals surface area contributed by atoms with E-state index in [1.807, 2.05) is 6.92 Å². The summed E-state index contributed by atoms with van der Waals surface area (Å²) in [6.07, 6.45) is 4.33. The fraction of sp³-hybridized carbons (Fsp3) is 0.636.